The Labute approximate surface area is 120 Å². The predicted octanol–water partition coefficient (Wildman–Crippen LogP) is 1.66. The first-order valence-corrected chi connectivity index (χ1v) is 6.22. The summed E-state index contributed by atoms with van der Waals surface area (Å²) in [6.07, 6.45) is -4.53. The molecule has 0 aliphatic carbocycles. The van der Waals surface area contributed by atoms with Gasteiger partial charge in [0.15, 0.2) is 0 Å². The Morgan fingerprint density at radius 1 is 1.55 bits per heavy atom. The molecule has 1 amide bonds. The van der Waals surface area contributed by atoms with Gasteiger partial charge >= 0.3 is 6.18 Å². The number of hydrazone groups is 1. The van der Waals surface area contributed by atoms with E-state index in [0.717, 1.165) is 4.68 Å². The monoisotopic (exact) mass is 354 g/mol. The summed E-state index contributed by atoms with van der Waals surface area (Å²) in [5, 5.41) is 17.2. The van der Waals surface area contributed by atoms with Gasteiger partial charge in [0.25, 0.3) is 11.6 Å². The van der Waals surface area contributed by atoms with Crippen LogP contribution < -0.4 is 0 Å². The molecule has 0 aromatic carbocycles. The summed E-state index contributed by atoms with van der Waals surface area (Å²) < 4.78 is 40.4. The van der Waals surface area contributed by atoms with E-state index in [1.54, 1.807) is 0 Å². The Bertz CT molecular complexity index is 578. The topological polar surface area (TPSA) is 70.7 Å². The molecule has 1 N–H and O–H groups in total. The first-order chi connectivity index (χ1) is 9.08. The van der Waals surface area contributed by atoms with E-state index in [1.165, 1.54) is 20.2 Å². The largest absolute Gasteiger partial charge is 0.438 e. The van der Waals surface area contributed by atoms with Crippen LogP contribution in [0.3, 0.4) is 0 Å². The highest BCUT2D eigenvalue weighted by Crippen LogP contribution is 2.41. The molecule has 110 valence electrons. The second-order valence-corrected chi connectivity index (χ2v) is 5.26. The van der Waals surface area contributed by atoms with Gasteiger partial charge in [-0.1, -0.05) is 0 Å². The molecule has 0 bridgehead atoms. The van der Waals surface area contributed by atoms with Gasteiger partial charge in [-0.2, -0.15) is 28.4 Å². The molecule has 1 aliphatic heterocycles. The molecule has 0 saturated heterocycles. The summed E-state index contributed by atoms with van der Waals surface area (Å²) in [6, 6.07) is 0. The molecule has 1 aromatic rings. The van der Waals surface area contributed by atoms with E-state index in [0.29, 0.717) is 0 Å². The van der Waals surface area contributed by atoms with Crippen LogP contribution in [0.15, 0.2) is 15.8 Å². The average molecular weight is 355 g/mol. The lowest BCUT2D eigenvalue weighted by Crippen LogP contribution is -2.56. The van der Waals surface area contributed by atoms with Crippen molar-refractivity contribution >= 4 is 27.5 Å². The number of aromatic nitrogens is 2. The number of hydrogen-bond donors (Lipinski definition) is 1. The van der Waals surface area contributed by atoms with E-state index in [9.17, 15) is 23.1 Å². The van der Waals surface area contributed by atoms with Crippen molar-refractivity contribution in [1.82, 2.24) is 14.8 Å². The molecule has 20 heavy (non-hydrogen) atoms. The van der Waals surface area contributed by atoms with Crippen LogP contribution in [0.25, 0.3) is 0 Å². The van der Waals surface area contributed by atoms with Crippen LogP contribution >= 0.6 is 15.9 Å². The number of aliphatic hydroxyl groups is 1. The van der Waals surface area contributed by atoms with Gasteiger partial charge in [0.05, 0.1) is 10.7 Å². The van der Waals surface area contributed by atoms with Crippen LogP contribution in [-0.4, -0.2) is 43.4 Å². The summed E-state index contributed by atoms with van der Waals surface area (Å²) in [6.45, 7) is 1.31. The van der Waals surface area contributed by atoms with Crippen molar-refractivity contribution in [2.75, 3.05) is 0 Å². The average Bonchev–Trinajstić information content (AvgIpc) is 2.79. The van der Waals surface area contributed by atoms with Gasteiger partial charge < -0.3 is 5.11 Å². The molecule has 0 spiro atoms. The van der Waals surface area contributed by atoms with Crippen molar-refractivity contribution < 1.29 is 23.1 Å². The molecular formula is C10H10BrF3N4O2. The Morgan fingerprint density at radius 2 is 2.15 bits per heavy atom. The molecule has 0 fully saturated rings. The highest BCUT2D eigenvalue weighted by Gasteiger charge is 2.63. The molecule has 2 rings (SSSR count). The third kappa shape index (κ3) is 2.12. The molecule has 0 saturated carbocycles. The standard InChI is InChI=1S/C10H10BrF3N4O2/c1-5-3-9(20,10(12,13)14)18(16-5)8(19)7-6(11)4-15-17(7)2/h4,20H,3H2,1-2H3/t9-/m0/s1. The van der Waals surface area contributed by atoms with Gasteiger partial charge in [-0.05, 0) is 22.9 Å². The second kappa shape index (κ2) is 4.55. The number of rotatable bonds is 1. The number of amides is 1. The Kier molecular flexibility index (Phi) is 3.41. The summed E-state index contributed by atoms with van der Waals surface area (Å²) in [4.78, 5) is 12.2. The number of halogens is 4. The zero-order valence-corrected chi connectivity index (χ0v) is 12.0. The fraction of sp³-hybridized carbons (Fsp3) is 0.500. The van der Waals surface area contributed by atoms with Crippen LogP contribution in [0, 0.1) is 0 Å². The molecule has 1 aromatic heterocycles. The fourth-order valence-corrected chi connectivity index (χ4v) is 2.42. The molecule has 1 aliphatic rings. The minimum absolute atomic E-state index is 0.0106. The van der Waals surface area contributed by atoms with E-state index in [1.807, 2.05) is 0 Å². The van der Waals surface area contributed by atoms with Crippen molar-refractivity contribution in [1.29, 1.82) is 0 Å². The maximum Gasteiger partial charge on any atom is 0.438 e. The lowest BCUT2D eigenvalue weighted by atomic mass is 10.1. The minimum atomic E-state index is -5.02. The van der Waals surface area contributed by atoms with Gasteiger partial charge in [-0.25, -0.2) is 0 Å². The molecular weight excluding hydrogens is 345 g/mol. The fourth-order valence-electron chi connectivity index (χ4n) is 1.91. The molecule has 10 heteroatoms. The smallest absolute Gasteiger partial charge is 0.362 e. The van der Waals surface area contributed by atoms with Gasteiger partial charge in [-0.15, -0.1) is 0 Å². The summed E-state index contributed by atoms with van der Waals surface area (Å²) in [5.74, 6) is -1.09. The number of nitrogens with zero attached hydrogens (tertiary/aromatic N) is 4. The van der Waals surface area contributed by atoms with Crippen LogP contribution in [0.4, 0.5) is 13.2 Å². The van der Waals surface area contributed by atoms with Gasteiger partial charge in [0.1, 0.15) is 5.69 Å². The predicted molar refractivity (Wildman–Crippen MR) is 65.8 cm³/mol. The number of aryl methyl sites for hydroxylation is 1. The number of alkyl halides is 3. The van der Waals surface area contributed by atoms with E-state index in [4.69, 9.17) is 0 Å². The highest BCUT2D eigenvalue weighted by molar-refractivity contribution is 9.10. The van der Waals surface area contributed by atoms with Crippen molar-refractivity contribution in [3.8, 4) is 0 Å². The van der Waals surface area contributed by atoms with Crippen LogP contribution in [-0.2, 0) is 7.05 Å². The number of hydrogen-bond acceptors (Lipinski definition) is 4. The van der Waals surface area contributed by atoms with Crippen LogP contribution in [0.1, 0.15) is 23.8 Å². The van der Waals surface area contributed by atoms with Gasteiger partial charge in [0.2, 0.25) is 0 Å². The highest BCUT2D eigenvalue weighted by atomic mass is 79.9. The third-order valence-corrected chi connectivity index (χ3v) is 3.45. The van der Waals surface area contributed by atoms with Crippen LogP contribution in [0.2, 0.25) is 0 Å². The van der Waals surface area contributed by atoms with Gasteiger partial charge in [0, 0.05) is 19.2 Å². The summed E-state index contributed by atoms with van der Waals surface area (Å²) in [7, 11) is 1.40. The Balaban J connectivity index is 2.48. The molecule has 1 atom stereocenters. The molecule has 0 radical (unpaired) electrons. The Hall–Kier alpha value is -1.42. The van der Waals surface area contributed by atoms with Crippen LogP contribution in [0.5, 0.6) is 0 Å². The van der Waals surface area contributed by atoms with E-state index in [2.05, 4.69) is 26.1 Å². The zero-order chi connectivity index (χ0) is 15.3. The SMILES string of the molecule is CC1=NN(C(=O)c2c(Br)cnn2C)[C@@](O)(C(F)(F)F)C1. The molecule has 6 nitrogen and oxygen atoms in total. The van der Waals surface area contributed by atoms with Crippen molar-refractivity contribution in [3.05, 3.63) is 16.4 Å². The zero-order valence-electron chi connectivity index (χ0n) is 10.4. The normalized spacial score (nSPS) is 23.1. The summed E-state index contributed by atoms with van der Waals surface area (Å²) in [5.41, 5.74) is -3.46. The maximum atomic E-state index is 13.0. The van der Waals surface area contributed by atoms with E-state index >= 15 is 0 Å². The quantitative estimate of drug-likeness (QED) is 0.833. The first kappa shape index (κ1) is 15.0. The lowest BCUT2D eigenvalue weighted by Gasteiger charge is -2.32. The Morgan fingerprint density at radius 3 is 2.60 bits per heavy atom. The van der Waals surface area contributed by atoms with Gasteiger partial charge in [-0.3, -0.25) is 9.48 Å². The number of carbonyl (C=O) groups is 1. The number of carbonyl (C=O) groups excluding carboxylic acids is 1. The molecule has 0 unspecified atom stereocenters. The van der Waals surface area contributed by atoms with Crippen molar-refractivity contribution in [2.45, 2.75) is 25.2 Å². The van der Waals surface area contributed by atoms with E-state index in [-0.39, 0.29) is 20.9 Å². The van der Waals surface area contributed by atoms with Crippen molar-refractivity contribution in [3.63, 3.8) is 0 Å². The first-order valence-electron chi connectivity index (χ1n) is 5.43. The second-order valence-electron chi connectivity index (χ2n) is 4.41. The molecule has 2 heterocycles. The lowest BCUT2D eigenvalue weighted by molar-refractivity contribution is -0.297. The van der Waals surface area contributed by atoms with E-state index < -0.39 is 24.2 Å². The van der Waals surface area contributed by atoms with Crippen molar-refractivity contribution in [2.24, 2.45) is 12.1 Å². The third-order valence-electron chi connectivity index (χ3n) is 2.87. The maximum absolute atomic E-state index is 13.0. The minimum Gasteiger partial charge on any atom is -0.362 e. The summed E-state index contributed by atoms with van der Waals surface area (Å²) >= 11 is 3.03.